The summed E-state index contributed by atoms with van der Waals surface area (Å²) >= 11 is 0. The lowest BCUT2D eigenvalue weighted by Gasteiger charge is -2.25. The van der Waals surface area contributed by atoms with Crippen molar-refractivity contribution in [3.8, 4) is 16.9 Å². The van der Waals surface area contributed by atoms with Gasteiger partial charge in [-0.1, -0.05) is 42.5 Å². The van der Waals surface area contributed by atoms with Gasteiger partial charge in [-0.3, -0.25) is 14.2 Å². The second-order valence-electron chi connectivity index (χ2n) is 11.4. The van der Waals surface area contributed by atoms with Gasteiger partial charge in [0, 0.05) is 38.0 Å². The highest BCUT2D eigenvalue weighted by molar-refractivity contribution is 5.97. The second kappa shape index (κ2) is 13.9. The van der Waals surface area contributed by atoms with E-state index in [1.54, 1.807) is 12.1 Å². The van der Waals surface area contributed by atoms with E-state index >= 15 is 8.78 Å². The molecule has 0 aliphatic carbocycles. The zero-order chi connectivity index (χ0) is 35.6. The van der Waals surface area contributed by atoms with Crippen molar-refractivity contribution in [1.82, 2.24) is 14.5 Å². The number of methoxy groups -OCH3 is 1. The van der Waals surface area contributed by atoms with Crippen LogP contribution in [-0.4, -0.2) is 46.9 Å². The minimum absolute atomic E-state index is 0.196. The first kappa shape index (κ1) is 34.9. The molecule has 0 unspecified atom stereocenters. The Morgan fingerprint density at radius 3 is 2.31 bits per heavy atom. The number of benzene rings is 3. The fraction of sp³-hybridized carbons (Fsp3) is 0.294. The molecule has 15 heteroatoms. The van der Waals surface area contributed by atoms with E-state index in [9.17, 15) is 32.3 Å². The molecular weight excluding hydrogens is 655 g/mol. The quantitative estimate of drug-likeness (QED) is 0.195. The van der Waals surface area contributed by atoms with Crippen LogP contribution in [0.5, 0.6) is 5.75 Å². The fourth-order valence-electron chi connectivity index (χ4n) is 5.75. The molecule has 3 aromatic carbocycles. The predicted octanol–water partition coefficient (Wildman–Crippen LogP) is 4.58. The summed E-state index contributed by atoms with van der Waals surface area (Å²) in [6.45, 7) is 0.325. The predicted molar refractivity (Wildman–Crippen MR) is 168 cm³/mol. The van der Waals surface area contributed by atoms with E-state index in [0.717, 1.165) is 11.7 Å². The van der Waals surface area contributed by atoms with Crippen LogP contribution in [-0.2, 0) is 36.5 Å². The van der Waals surface area contributed by atoms with Gasteiger partial charge >= 0.3 is 17.8 Å². The van der Waals surface area contributed by atoms with Crippen LogP contribution >= 0.6 is 0 Å². The standard InChI is InChI=1S/C34H31F5N4O6/c1-42-17-23(31(45)43(2)33(42)47)22-12-11-19(21-10-7-13-49-28(21)22)14-26(32(46)48-3)41-30(44)27-24(35)15-20(16-25(27)36)40-29(34(37,38)39)18-8-5-4-6-9-18/h4-6,8-9,11-12,15-17,26,29,40H,7,10,13-14H2,1-3H3,(H,41,44)/t26-,29+/m0/s1. The highest BCUT2D eigenvalue weighted by atomic mass is 19.4. The molecule has 1 amide bonds. The van der Waals surface area contributed by atoms with E-state index in [1.165, 1.54) is 55.2 Å². The molecule has 0 fully saturated rings. The van der Waals surface area contributed by atoms with Gasteiger partial charge in [0.25, 0.3) is 11.5 Å². The number of nitrogens with one attached hydrogen (secondary N) is 2. The summed E-state index contributed by atoms with van der Waals surface area (Å²) in [6, 6.07) is 7.24. The molecule has 4 aromatic rings. The molecule has 2 heterocycles. The highest BCUT2D eigenvalue weighted by Crippen LogP contribution is 2.38. The Morgan fingerprint density at radius 2 is 1.67 bits per heavy atom. The average molecular weight is 687 g/mol. The number of carbonyl (C=O) groups is 2. The lowest BCUT2D eigenvalue weighted by molar-refractivity contribution is -0.144. The van der Waals surface area contributed by atoms with Crippen LogP contribution in [0, 0.1) is 11.6 Å². The molecule has 1 aliphatic rings. The normalized spacial score (nSPS) is 13.9. The summed E-state index contributed by atoms with van der Waals surface area (Å²) in [5.41, 5.74) is -1.22. The van der Waals surface area contributed by atoms with E-state index in [-0.39, 0.29) is 17.5 Å². The summed E-state index contributed by atoms with van der Waals surface area (Å²) in [5.74, 6) is -4.87. The maximum absolute atomic E-state index is 15.2. The summed E-state index contributed by atoms with van der Waals surface area (Å²) in [5, 5.41) is 4.36. The van der Waals surface area contributed by atoms with Crippen molar-refractivity contribution >= 4 is 17.6 Å². The van der Waals surface area contributed by atoms with Crippen LogP contribution in [0.1, 0.15) is 39.5 Å². The first-order valence-corrected chi connectivity index (χ1v) is 15.0. The van der Waals surface area contributed by atoms with Crippen molar-refractivity contribution in [3.05, 3.63) is 116 Å². The van der Waals surface area contributed by atoms with Crippen LogP contribution in [0.2, 0.25) is 0 Å². The third kappa shape index (κ3) is 7.20. The molecule has 1 aliphatic heterocycles. The molecule has 0 saturated carbocycles. The number of aromatic nitrogens is 2. The van der Waals surface area contributed by atoms with Crippen molar-refractivity contribution in [1.29, 1.82) is 0 Å². The Morgan fingerprint density at radius 1 is 1.00 bits per heavy atom. The van der Waals surface area contributed by atoms with Crippen molar-refractivity contribution in [2.24, 2.45) is 14.1 Å². The number of rotatable bonds is 9. The number of amides is 1. The van der Waals surface area contributed by atoms with E-state index in [0.29, 0.717) is 54.0 Å². The molecule has 1 aromatic heterocycles. The van der Waals surface area contributed by atoms with Gasteiger partial charge in [-0.15, -0.1) is 0 Å². The van der Waals surface area contributed by atoms with Crippen LogP contribution in [0.15, 0.2) is 70.4 Å². The molecule has 0 saturated heterocycles. The number of anilines is 1. The molecule has 5 rings (SSSR count). The minimum Gasteiger partial charge on any atom is -0.493 e. The van der Waals surface area contributed by atoms with Crippen LogP contribution in [0.3, 0.4) is 0 Å². The minimum atomic E-state index is -4.82. The number of nitrogens with zero attached hydrogens (tertiary/aromatic N) is 2. The van der Waals surface area contributed by atoms with Crippen molar-refractivity contribution < 1.29 is 41.0 Å². The van der Waals surface area contributed by atoms with E-state index in [1.807, 2.05) is 0 Å². The smallest absolute Gasteiger partial charge is 0.412 e. The summed E-state index contributed by atoms with van der Waals surface area (Å²) in [4.78, 5) is 51.2. The van der Waals surface area contributed by atoms with Gasteiger partial charge in [-0.2, -0.15) is 13.2 Å². The maximum Gasteiger partial charge on any atom is 0.412 e. The summed E-state index contributed by atoms with van der Waals surface area (Å²) in [7, 11) is 3.90. The Balaban J connectivity index is 1.43. The van der Waals surface area contributed by atoms with Crippen molar-refractivity contribution in [2.75, 3.05) is 19.0 Å². The molecule has 0 spiro atoms. The zero-order valence-corrected chi connectivity index (χ0v) is 26.5. The van der Waals surface area contributed by atoms with Gasteiger partial charge < -0.3 is 24.7 Å². The van der Waals surface area contributed by atoms with Crippen LogP contribution < -0.4 is 26.6 Å². The number of halogens is 5. The molecule has 2 atom stereocenters. The maximum atomic E-state index is 15.2. The lowest BCUT2D eigenvalue weighted by atomic mass is 9.91. The number of ether oxygens (including phenoxy) is 2. The van der Waals surface area contributed by atoms with Gasteiger partial charge in [-0.05, 0) is 41.7 Å². The van der Waals surface area contributed by atoms with Gasteiger partial charge in [0.2, 0.25) is 0 Å². The molecule has 10 nitrogen and oxygen atoms in total. The third-order valence-electron chi connectivity index (χ3n) is 8.17. The van der Waals surface area contributed by atoms with Crippen molar-refractivity contribution in [2.45, 2.75) is 37.5 Å². The fourth-order valence-corrected chi connectivity index (χ4v) is 5.75. The number of esters is 1. The molecular formula is C34H31F5N4O6. The monoisotopic (exact) mass is 686 g/mol. The molecule has 258 valence electrons. The zero-order valence-electron chi connectivity index (χ0n) is 26.5. The van der Waals surface area contributed by atoms with Gasteiger partial charge in [0.15, 0.2) is 0 Å². The van der Waals surface area contributed by atoms with Gasteiger partial charge in [0.05, 0.1) is 19.3 Å². The topological polar surface area (TPSA) is 121 Å². The number of aryl methyl sites for hydroxylation is 1. The Bertz CT molecular complexity index is 2000. The first-order chi connectivity index (χ1) is 23.2. The molecule has 49 heavy (non-hydrogen) atoms. The highest BCUT2D eigenvalue weighted by Gasteiger charge is 2.41. The lowest BCUT2D eigenvalue weighted by Crippen LogP contribution is -2.44. The number of carbonyl (C=O) groups excluding carboxylic acids is 2. The van der Waals surface area contributed by atoms with E-state index in [4.69, 9.17) is 9.47 Å². The summed E-state index contributed by atoms with van der Waals surface area (Å²) in [6.07, 6.45) is -2.59. The number of alkyl halides is 3. The third-order valence-corrected chi connectivity index (χ3v) is 8.17. The Kier molecular flexibility index (Phi) is 9.92. The SMILES string of the molecule is COC(=O)[C@H](Cc1ccc(-c2cn(C)c(=O)n(C)c2=O)c2c1CCCO2)NC(=O)c1c(F)cc(N[C@H](c2ccccc2)C(F)(F)F)cc1F. The van der Waals surface area contributed by atoms with Gasteiger partial charge in [0.1, 0.15) is 35.0 Å². The Hall–Kier alpha value is -5.47. The number of fused-ring (bicyclic) bond motifs is 1. The molecule has 0 bridgehead atoms. The van der Waals surface area contributed by atoms with E-state index < -0.39 is 64.3 Å². The first-order valence-electron chi connectivity index (χ1n) is 15.0. The number of hydrogen-bond acceptors (Lipinski definition) is 7. The largest absolute Gasteiger partial charge is 0.493 e. The number of hydrogen-bond donors (Lipinski definition) is 2. The molecule has 0 radical (unpaired) electrons. The van der Waals surface area contributed by atoms with Crippen LogP contribution in [0.25, 0.3) is 11.1 Å². The van der Waals surface area contributed by atoms with Crippen molar-refractivity contribution in [3.63, 3.8) is 0 Å². The average Bonchev–Trinajstić information content (AvgIpc) is 3.07. The van der Waals surface area contributed by atoms with Gasteiger partial charge in [-0.25, -0.2) is 18.4 Å². The van der Waals surface area contributed by atoms with E-state index in [2.05, 4.69) is 10.6 Å². The summed E-state index contributed by atoms with van der Waals surface area (Å²) < 4.78 is 84.9. The Labute approximate surface area is 276 Å². The molecule has 2 N–H and O–H groups in total. The van der Waals surface area contributed by atoms with Crippen LogP contribution in [0.4, 0.5) is 27.6 Å². The second-order valence-corrected chi connectivity index (χ2v) is 11.4.